The molecule has 0 spiro atoms. The second kappa shape index (κ2) is 3.70. The van der Waals surface area contributed by atoms with Gasteiger partial charge in [-0.05, 0) is 37.1 Å². The largest absolute Gasteiger partial charge is 0.301 e. The van der Waals surface area contributed by atoms with Gasteiger partial charge in [-0.15, -0.1) is 0 Å². The zero-order chi connectivity index (χ0) is 13.0. The van der Waals surface area contributed by atoms with Gasteiger partial charge < -0.3 is 4.57 Å². The fraction of sp³-hybridized carbons (Fsp3) is 0.267. The van der Waals surface area contributed by atoms with Gasteiger partial charge in [-0.25, -0.2) is 4.39 Å². The third-order valence-corrected chi connectivity index (χ3v) is 3.77. The minimum Gasteiger partial charge on any atom is -0.301 e. The Labute approximate surface area is 110 Å². The summed E-state index contributed by atoms with van der Waals surface area (Å²) in [5.41, 5.74) is 2.17. The van der Waals surface area contributed by atoms with Gasteiger partial charge in [-0.2, -0.15) is 5.10 Å². The van der Waals surface area contributed by atoms with Crippen molar-refractivity contribution in [3.8, 4) is 5.82 Å². The maximum Gasteiger partial charge on any atom is 0.135 e. The maximum atomic E-state index is 13.2. The Morgan fingerprint density at radius 2 is 2.05 bits per heavy atom. The number of rotatable bonds is 2. The van der Waals surface area contributed by atoms with Crippen molar-refractivity contribution >= 4 is 10.9 Å². The predicted octanol–water partition coefficient (Wildman–Crippen LogP) is 3.38. The van der Waals surface area contributed by atoms with Crippen LogP contribution in [-0.2, 0) is 7.05 Å². The number of aryl methyl sites for hydroxylation is 1. The van der Waals surface area contributed by atoms with E-state index in [0.717, 1.165) is 16.7 Å². The van der Waals surface area contributed by atoms with Crippen LogP contribution in [0, 0.1) is 5.82 Å². The number of hydrogen-bond donors (Lipinski definition) is 0. The van der Waals surface area contributed by atoms with E-state index >= 15 is 0 Å². The van der Waals surface area contributed by atoms with Crippen molar-refractivity contribution in [2.24, 2.45) is 7.05 Å². The molecule has 0 bridgehead atoms. The number of hydrogen-bond acceptors (Lipinski definition) is 1. The Morgan fingerprint density at radius 3 is 2.84 bits per heavy atom. The summed E-state index contributed by atoms with van der Waals surface area (Å²) in [6.07, 6.45) is 4.46. The fourth-order valence-electron chi connectivity index (χ4n) is 2.60. The van der Waals surface area contributed by atoms with Gasteiger partial charge in [0.15, 0.2) is 0 Å². The lowest BCUT2D eigenvalue weighted by Crippen LogP contribution is -2.01. The lowest BCUT2D eigenvalue weighted by molar-refractivity contribution is 0.629. The monoisotopic (exact) mass is 255 g/mol. The molecule has 1 aliphatic carbocycles. The average molecular weight is 255 g/mol. The Hall–Kier alpha value is -2.10. The first kappa shape index (κ1) is 10.8. The molecule has 2 aromatic heterocycles. The molecule has 2 heterocycles. The summed E-state index contributed by atoms with van der Waals surface area (Å²) in [6, 6.07) is 8.94. The summed E-state index contributed by atoms with van der Waals surface area (Å²) in [4.78, 5) is 0. The van der Waals surface area contributed by atoms with Crippen molar-refractivity contribution in [3.05, 3.63) is 48.0 Å². The number of halogens is 1. The van der Waals surface area contributed by atoms with E-state index in [4.69, 9.17) is 0 Å². The van der Waals surface area contributed by atoms with Crippen LogP contribution >= 0.6 is 0 Å². The molecule has 4 rings (SSSR count). The molecule has 0 aliphatic heterocycles. The molecule has 0 N–H and O–H groups in total. The first-order chi connectivity index (χ1) is 9.22. The summed E-state index contributed by atoms with van der Waals surface area (Å²) in [5.74, 6) is 1.47. The molecule has 0 atom stereocenters. The topological polar surface area (TPSA) is 22.8 Å². The van der Waals surface area contributed by atoms with Gasteiger partial charge in [0, 0.05) is 30.6 Å². The van der Waals surface area contributed by atoms with Crippen LogP contribution in [0.2, 0.25) is 0 Å². The van der Waals surface area contributed by atoms with Crippen LogP contribution in [0.25, 0.3) is 16.7 Å². The van der Waals surface area contributed by atoms with Gasteiger partial charge in [-0.3, -0.25) is 4.68 Å². The number of aromatic nitrogens is 3. The van der Waals surface area contributed by atoms with Gasteiger partial charge >= 0.3 is 0 Å². The van der Waals surface area contributed by atoms with Gasteiger partial charge in [0.1, 0.15) is 11.6 Å². The fourth-order valence-corrected chi connectivity index (χ4v) is 2.60. The average Bonchev–Trinajstić information content (AvgIpc) is 3.05. The lowest BCUT2D eigenvalue weighted by atomic mass is 10.2. The molecular formula is C15H14FN3. The molecule has 96 valence electrons. The summed E-state index contributed by atoms with van der Waals surface area (Å²) < 4.78 is 17.2. The van der Waals surface area contributed by atoms with Gasteiger partial charge in [-0.1, -0.05) is 0 Å². The third kappa shape index (κ3) is 1.67. The number of fused-ring (bicyclic) bond motifs is 1. The van der Waals surface area contributed by atoms with Crippen molar-refractivity contribution in [2.75, 3.05) is 0 Å². The van der Waals surface area contributed by atoms with E-state index in [-0.39, 0.29) is 5.82 Å². The van der Waals surface area contributed by atoms with E-state index in [1.807, 2.05) is 30.1 Å². The molecule has 3 aromatic rings. The molecule has 0 radical (unpaired) electrons. The van der Waals surface area contributed by atoms with Crippen LogP contribution in [0.4, 0.5) is 4.39 Å². The quantitative estimate of drug-likeness (QED) is 0.688. The Morgan fingerprint density at radius 1 is 1.21 bits per heavy atom. The zero-order valence-corrected chi connectivity index (χ0v) is 10.7. The second-order valence-corrected chi connectivity index (χ2v) is 5.21. The molecular weight excluding hydrogens is 241 g/mol. The Bertz CT molecular complexity index is 765. The van der Waals surface area contributed by atoms with Crippen LogP contribution in [0.1, 0.15) is 24.5 Å². The van der Waals surface area contributed by atoms with Crippen LogP contribution < -0.4 is 0 Å². The van der Waals surface area contributed by atoms with E-state index in [2.05, 4.69) is 15.7 Å². The number of nitrogens with zero attached hydrogens (tertiary/aromatic N) is 3. The van der Waals surface area contributed by atoms with Gasteiger partial charge in [0.25, 0.3) is 0 Å². The Balaban J connectivity index is 1.89. The van der Waals surface area contributed by atoms with Crippen molar-refractivity contribution in [3.63, 3.8) is 0 Å². The highest BCUT2D eigenvalue weighted by molar-refractivity contribution is 5.81. The maximum absolute atomic E-state index is 13.2. The number of benzene rings is 1. The molecule has 1 aromatic carbocycles. The predicted molar refractivity (Wildman–Crippen MR) is 72.0 cm³/mol. The third-order valence-electron chi connectivity index (χ3n) is 3.77. The van der Waals surface area contributed by atoms with Crippen molar-refractivity contribution in [2.45, 2.75) is 18.8 Å². The van der Waals surface area contributed by atoms with Crippen LogP contribution in [0.5, 0.6) is 0 Å². The van der Waals surface area contributed by atoms with Gasteiger partial charge in [0.05, 0.1) is 11.2 Å². The highest BCUT2D eigenvalue weighted by Gasteiger charge is 2.27. The molecule has 0 saturated heterocycles. The highest BCUT2D eigenvalue weighted by Crippen LogP contribution is 2.39. The minimum absolute atomic E-state index is 0.200. The molecule has 19 heavy (non-hydrogen) atoms. The molecule has 1 fully saturated rings. The minimum atomic E-state index is -0.200. The highest BCUT2D eigenvalue weighted by atomic mass is 19.1. The molecule has 1 aliphatic rings. The SMILES string of the molecule is Cn1nc(C2CC2)cc1-n1ccc2cc(F)ccc21. The van der Waals surface area contributed by atoms with Crippen molar-refractivity contribution in [1.29, 1.82) is 0 Å². The molecule has 1 saturated carbocycles. The summed E-state index contributed by atoms with van der Waals surface area (Å²) in [5, 5.41) is 5.49. The molecule has 0 amide bonds. The second-order valence-electron chi connectivity index (χ2n) is 5.21. The Kier molecular flexibility index (Phi) is 2.10. The molecule has 3 nitrogen and oxygen atoms in total. The van der Waals surface area contributed by atoms with Crippen molar-refractivity contribution < 1.29 is 4.39 Å². The van der Waals surface area contributed by atoms with Crippen LogP contribution in [0.3, 0.4) is 0 Å². The zero-order valence-electron chi connectivity index (χ0n) is 10.7. The van der Waals surface area contributed by atoms with Crippen molar-refractivity contribution in [1.82, 2.24) is 14.3 Å². The first-order valence-electron chi connectivity index (χ1n) is 6.53. The van der Waals surface area contributed by atoms with Gasteiger partial charge in [0.2, 0.25) is 0 Å². The van der Waals surface area contributed by atoms with E-state index in [9.17, 15) is 4.39 Å². The van der Waals surface area contributed by atoms with Crippen LogP contribution in [-0.4, -0.2) is 14.3 Å². The van der Waals surface area contributed by atoms with E-state index in [1.54, 1.807) is 6.07 Å². The smallest absolute Gasteiger partial charge is 0.135 e. The van der Waals surface area contributed by atoms with E-state index in [1.165, 1.54) is 24.6 Å². The van der Waals surface area contributed by atoms with E-state index in [0.29, 0.717) is 5.92 Å². The normalized spacial score (nSPS) is 15.3. The summed E-state index contributed by atoms with van der Waals surface area (Å²) in [6.45, 7) is 0. The lowest BCUT2D eigenvalue weighted by Gasteiger charge is -2.04. The van der Waals surface area contributed by atoms with E-state index < -0.39 is 0 Å². The first-order valence-corrected chi connectivity index (χ1v) is 6.53. The summed E-state index contributed by atoms with van der Waals surface area (Å²) in [7, 11) is 1.95. The molecule has 4 heteroatoms. The summed E-state index contributed by atoms with van der Waals surface area (Å²) >= 11 is 0. The van der Waals surface area contributed by atoms with Crippen LogP contribution in [0.15, 0.2) is 36.5 Å². The standard InChI is InChI=1S/C15H14FN3/c1-18-15(9-13(17-18)10-2-3-10)19-7-6-11-8-12(16)4-5-14(11)19/h4-10H,2-3H2,1H3. The molecule has 0 unspecified atom stereocenters.